The van der Waals surface area contributed by atoms with E-state index in [0.717, 1.165) is 12.8 Å². The Morgan fingerprint density at radius 1 is 0.882 bits per heavy atom. The molecule has 282 valence electrons. The fourth-order valence-corrected chi connectivity index (χ4v) is 9.89. The first-order valence-electron chi connectivity index (χ1n) is 18.0. The molecule has 2 aliphatic heterocycles. The molecule has 2 saturated heterocycles. The average Bonchev–Trinajstić information content (AvgIpc) is 3.81. The molecule has 0 bridgehead atoms. The summed E-state index contributed by atoms with van der Waals surface area (Å²) in [5, 5.41) is 18.9. The van der Waals surface area contributed by atoms with Crippen LogP contribution in [-0.4, -0.2) is 72.0 Å². The smallest absolute Gasteiger partial charge is 0.330 e. The standard InChI is InChI=1S/C22H35N4O5P.C13H18N2O4/c1-13(2)26(14(3)4)32(29-9-7-8-23)31-18-10-15(5)20-17(18)11-19(30-20)25-12-16(6)21(27)24-22(25)28;1-6-3-9(16)8-4-10(19-11(6)8)15-5-7(2)12(17)14-13(15)18/h12-15,17-20H,7,9-11H2,1-6H3,(H,24,27,28);5-6,8-11,16H,3-4H2,1-2H3,(H,14,17,18)/t15-,17+,18-,19-,20-,32?;6-,8+,9-,10-,11-/m11/s1. The molecule has 1 unspecified atom stereocenters. The van der Waals surface area contributed by atoms with Crippen molar-refractivity contribution in [2.45, 2.75) is 136 Å². The molecule has 4 fully saturated rings. The number of H-pyrrole nitrogens is 2. The second-order valence-corrected chi connectivity index (χ2v) is 16.5. The fraction of sp³-hybridized carbons (Fsp3) is 0.743. The van der Waals surface area contributed by atoms with Crippen LogP contribution in [-0.2, 0) is 18.5 Å². The van der Waals surface area contributed by atoms with Crippen LogP contribution in [0.15, 0.2) is 31.6 Å². The third-order valence-corrected chi connectivity index (χ3v) is 12.7. The van der Waals surface area contributed by atoms with Crippen LogP contribution in [0.3, 0.4) is 0 Å². The van der Waals surface area contributed by atoms with Crippen molar-refractivity contribution in [3.63, 3.8) is 0 Å². The Hall–Kier alpha value is -2.96. The van der Waals surface area contributed by atoms with Crippen molar-refractivity contribution in [1.29, 1.82) is 5.26 Å². The SMILES string of the molecule is Cc1cn([C@H]2C[C@@H]3[C@H](O2)[C@H](C)C[C@H]3O)c(=O)[nH]c1=O.Cc1cn([C@H]2C[C@@H]3[C@H](O2)[C@H](C)C[C@H]3OP(OCCC#N)N(C(C)C)C(C)C)c(=O)[nH]c1=O. The first-order chi connectivity index (χ1) is 24.1. The van der Waals surface area contributed by atoms with Crippen LogP contribution < -0.4 is 22.5 Å². The Labute approximate surface area is 298 Å². The Bertz CT molecular complexity index is 1780. The Kier molecular flexibility index (Phi) is 12.6. The Morgan fingerprint density at radius 3 is 1.86 bits per heavy atom. The van der Waals surface area contributed by atoms with Gasteiger partial charge in [0.1, 0.15) is 12.5 Å². The minimum Gasteiger partial charge on any atom is -0.393 e. The number of nitrogens with one attached hydrogen (secondary N) is 2. The molecule has 0 aromatic carbocycles. The number of aryl methyl sites for hydroxylation is 2. The highest BCUT2D eigenvalue weighted by molar-refractivity contribution is 7.44. The lowest BCUT2D eigenvalue weighted by Crippen LogP contribution is -2.35. The summed E-state index contributed by atoms with van der Waals surface area (Å²) in [6.07, 6.45) is 5.01. The number of fused-ring (bicyclic) bond motifs is 2. The van der Waals surface area contributed by atoms with Crippen molar-refractivity contribution in [3.05, 3.63) is 65.2 Å². The lowest BCUT2D eigenvalue weighted by atomic mass is 10.0. The van der Waals surface area contributed by atoms with Crippen LogP contribution in [0, 0.1) is 48.9 Å². The topological polar surface area (TPSA) is 194 Å². The zero-order valence-corrected chi connectivity index (χ0v) is 31.7. The molecule has 4 aliphatic rings. The van der Waals surface area contributed by atoms with E-state index in [1.165, 1.54) is 15.3 Å². The Balaban J connectivity index is 0.000000224. The molecule has 4 heterocycles. The van der Waals surface area contributed by atoms with E-state index in [1.807, 2.05) is 0 Å². The van der Waals surface area contributed by atoms with Crippen LogP contribution in [0.5, 0.6) is 0 Å². The van der Waals surface area contributed by atoms with Crippen molar-refractivity contribution in [3.8, 4) is 6.07 Å². The number of hydrogen-bond acceptors (Lipinski definition) is 11. The summed E-state index contributed by atoms with van der Waals surface area (Å²) >= 11 is 0. The van der Waals surface area contributed by atoms with Crippen LogP contribution >= 0.6 is 8.53 Å². The molecule has 0 amide bonds. The molecule has 3 N–H and O–H groups in total. The lowest BCUT2D eigenvalue weighted by molar-refractivity contribution is -0.0222. The van der Waals surface area contributed by atoms with Crippen LogP contribution in [0.2, 0.25) is 0 Å². The molecular weight excluding hydrogens is 679 g/mol. The van der Waals surface area contributed by atoms with Gasteiger partial charge in [-0.1, -0.05) is 13.8 Å². The van der Waals surface area contributed by atoms with Gasteiger partial charge in [0.15, 0.2) is 0 Å². The normalized spacial score (nSPS) is 31.8. The van der Waals surface area contributed by atoms with E-state index in [0.29, 0.717) is 42.9 Å². The summed E-state index contributed by atoms with van der Waals surface area (Å²) < 4.78 is 30.0. The van der Waals surface area contributed by atoms with Crippen molar-refractivity contribution in [2.75, 3.05) is 6.61 Å². The lowest BCUT2D eigenvalue weighted by Gasteiger charge is -2.37. The van der Waals surface area contributed by atoms with Gasteiger partial charge >= 0.3 is 11.4 Å². The van der Waals surface area contributed by atoms with Crippen LogP contribution in [0.1, 0.15) is 97.2 Å². The van der Waals surface area contributed by atoms with Gasteiger partial charge in [-0.15, -0.1) is 0 Å². The Morgan fingerprint density at radius 2 is 1.37 bits per heavy atom. The van der Waals surface area contributed by atoms with Crippen molar-refractivity contribution in [2.24, 2.45) is 23.7 Å². The largest absolute Gasteiger partial charge is 0.393 e. The second kappa shape index (κ2) is 16.4. The predicted octanol–water partition coefficient (Wildman–Crippen LogP) is 3.60. The molecule has 0 radical (unpaired) electrons. The second-order valence-electron chi connectivity index (χ2n) is 15.1. The van der Waals surface area contributed by atoms with Gasteiger partial charge in [-0.2, -0.15) is 5.26 Å². The number of aliphatic hydroxyl groups is 1. The third kappa shape index (κ3) is 8.49. The fourth-order valence-electron chi connectivity index (χ4n) is 8.12. The van der Waals surface area contributed by atoms with Crippen LogP contribution in [0.4, 0.5) is 0 Å². The molecule has 16 heteroatoms. The summed E-state index contributed by atoms with van der Waals surface area (Å²) in [6.45, 7) is 16.3. The molecule has 2 saturated carbocycles. The maximum atomic E-state index is 12.4. The van der Waals surface area contributed by atoms with E-state index < -0.39 is 32.4 Å². The number of ether oxygens (including phenoxy) is 2. The third-order valence-electron chi connectivity index (χ3n) is 10.5. The zero-order chi connectivity index (χ0) is 37.3. The summed E-state index contributed by atoms with van der Waals surface area (Å²) in [7, 11) is -1.34. The van der Waals surface area contributed by atoms with Gasteiger partial charge < -0.3 is 23.6 Å². The number of nitriles is 1. The molecule has 2 aromatic rings. The molecule has 2 aliphatic carbocycles. The minimum atomic E-state index is -1.34. The summed E-state index contributed by atoms with van der Waals surface area (Å²) in [5.74, 6) is 0.778. The number of rotatable bonds is 10. The predicted molar refractivity (Wildman–Crippen MR) is 190 cm³/mol. The van der Waals surface area contributed by atoms with Gasteiger partial charge in [0, 0.05) is 60.3 Å². The molecule has 2 aromatic heterocycles. The van der Waals surface area contributed by atoms with E-state index in [-0.39, 0.29) is 65.4 Å². The molecule has 0 spiro atoms. The maximum Gasteiger partial charge on any atom is 0.330 e. The summed E-state index contributed by atoms with van der Waals surface area (Å²) in [5.41, 5.74) is -0.695. The van der Waals surface area contributed by atoms with E-state index in [4.69, 9.17) is 23.8 Å². The molecule has 6 rings (SSSR count). The van der Waals surface area contributed by atoms with Gasteiger partial charge in [-0.05, 0) is 66.2 Å². The number of hydrogen-bond donors (Lipinski definition) is 3. The van der Waals surface area contributed by atoms with E-state index in [9.17, 15) is 24.3 Å². The highest BCUT2D eigenvalue weighted by Gasteiger charge is 2.51. The quantitative estimate of drug-likeness (QED) is 0.239. The molecule has 11 atom stereocenters. The van der Waals surface area contributed by atoms with Crippen LogP contribution in [0.25, 0.3) is 0 Å². The number of aromatic nitrogens is 4. The van der Waals surface area contributed by atoms with Gasteiger partial charge in [0.05, 0.1) is 43.5 Å². The van der Waals surface area contributed by atoms with Gasteiger partial charge in [-0.25, -0.2) is 14.3 Å². The monoisotopic (exact) mass is 732 g/mol. The van der Waals surface area contributed by atoms with Crippen molar-refractivity contribution in [1.82, 2.24) is 23.8 Å². The van der Waals surface area contributed by atoms with E-state index in [1.54, 1.807) is 20.0 Å². The van der Waals surface area contributed by atoms with Gasteiger partial charge in [-0.3, -0.25) is 28.7 Å². The highest BCUT2D eigenvalue weighted by atomic mass is 31.2. The molecular formula is C35H53N6O9P. The van der Waals surface area contributed by atoms with E-state index >= 15 is 0 Å². The minimum absolute atomic E-state index is 0.000802. The highest BCUT2D eigenvalue weighted by Crippen LogP contribution is 2.54. The van der Waals surface area contributed by atoms with Gasteiger partial charge in [0.25, 0.3) is 19.6 Å². The number of nitrogens with zero attached hydrogens (tertiary/aromatic N) is 4. The van der Waals surface area contributed by atoms with Crippen molar-refractivity contribution >= 4 is 8.53 Å². The number of aliphatic hydroxyl groups excluding tert-OH is 1. The summed E-state index contributed by atoms with van der Waals surface area (Å²) in [4.78, 5) is 51.9. The molecule has 15 nitrogen and oxygen atoms in total. The molecule has 51 heavy (non-hydrogen) atoms. The van der Waals surface area contributed by atoms with E-state index in [2.05, 4.69) is 62.3 Å². The first-order valence-corrected chi connectivity index (χ1v) is 19.1. The first kappa shape index (κ1) is 39.3. The summed E-state index contributed by atoms with van der Waals surface area (Å²) in [6, 6.07) is 2.59. The average molecular weight is 733 g/mol. The maximum absolute atomic E-state index is 12.4. The zero-order valence-electron chi connectivity index (χ0n) is 30.8. The van der Waals surface area contributed by atoms with Crippen molar-refractivity contribution < 1.29 is 23.6 Å². The number of aromatic amines is 2. The van der Waals surface area contributed by atoms with Gasteiger partial charge in [0.2, 0.25) is 0 Å².